The zero-order valence-electron chi connectivity index (χ0n) is 12.5. The molecule has 0 radical (unpaired) electrons. The van der Waals surface area contributed by atoms with Crippen LogP contribution in [0.5, 0.6) is 0 Å². The van der Waals surface area contributed by atoms with E-state index in [0.29, 0.717) is 6.54 Å². The van der Waals surface area contributed by atoms with Crippen molar-refractivity contribution in [2.24, 2.45) is 5.92 Å². The largest absolute Gasteiger partial charge is 0.293 e. The first-order valence-corrected chi connectivity index (χ1v) is 10.0. The molecule has 120 valence electrons. The summed E-state index contributed by atoms with van der Waals surface area (Å²) >= 11 is 1.70. The van der Waals surface area contributed by atoms with E-state index in [9.17, 15) is 8.42 Å². The topological polar surface area (TPSA) is 67.2 Å². The van der Waals surface area contributed by atoms with Crippen LogP contribution in [0.1, 0.15) is 11.3 Å². The van der Waals surface area contributed by atoms with Crippen LogP contribution in [0, 0.1) is 5.92 Å². The number of nitrogens with one attached hydrogen (secondary N) is 1. The molecular formula is C14H20N4O2S2. The molecule has 1 N–H and O–H groups in total. The van der Waals surface area contributed by atoms with Gasteiger partial charge in [-0.15, -0.1) is 0 Å². The van der Waals surface area contributed by atoms with Gasteiger partial charge in [-0.1, -0.05) is 0 Å². The zero-order valence-corrected chi connectivity index (χ0v) is 14.1. The molecule has 1 atom stereocenters. The van der Waals surface area contributed by atoms with Crippen LogP contribution >= 0.6 is 11.3 Å². The lowest BCUT2D eigenvalue weighted by Crippen LogP contribution is -2.36. The lowest BCUT2D eigenvalue weighted by Gasteiger charge is -2.23. The fourth-order valence-electron chi connectivity index (χ4n) is 2.78. The number of rotatable bonds is 5. The van der Waals surface area contributed by atoms with Gasteiger partial charge < -0.3 is 0 Å². The summed E-state index contributed by atoms with van der Waals surface area (Å²) in [5, 5.41) is 8.60. The summed E-state index contributed by atoms with van der Waals surface area (Å²) in [6, 6.07) is 4.17. The SMILES string of the molecule is CS(=O)(=O)NC[C@@H]1CN(Cc2ccsc2)Cc2ccnn2C1. The molecule has 3 rings (SSSR count). The molecule has 6 nitrogen and oxygen atoms in total. The number of nitrogens with zero attached hydrogens (tertiary/aromatic N) is 3. The summed E-state index contributed by atoms with van der Waals surface area (Å²) in [5.74, 6) is 0.203. The molecule has 1 aliphatic heterocycles. The van der Waals surface area contributed by atoms with Crippen LogP contribution < -0.4 is 4.72 Å². The molecule has 0 bridgehead atoms. The molecular weight excluding hydrogens is 320 g/mol. The van der Waals surface area contributed by atoms with E-state index in [2.05, 4.69) is 31.5 Å². The minimum Gasteiger partial charge on any atom is -0.293 e. The number of hydrogen-bond donors (Lipinski definition) is 1. The van der Waals surface area contributed by atoms with Gasteiger partial charge in [-0.3, -0.25) is 9.58 Å². The second kappa shape index (κ2) is 6.49. The van der Waals surface area contributed by atoms with Crippen molar-refractivity contribution >= 4 is 21.4 Å². The van der Waals surface area contributed by atoms with E-state index in [1.54, 1.807) is 11.3 Å². The molecule has 3 heterocycles. The molecule has 2 aromatic heterocycles. The van der Waals surface area contributed by atoms with Crippen molar-refractivity contribution in [3.63, 3.8) is 0 Å². The van der Waals surface area contributed by atoms with E-state index >= 15 is 0 Å². The zero-order chi connectivity index (χ0) is 15.6. The summed E-state index contributed by atoms with van der Waals surface area (Å²) in [7, 11) is -3.16. The van der Waals surface area contributed by atoms with Crippen molar-refractivity contribution < 1.29 is 8.42 Å². The summed E-state index contributed by atoms with van der Waals surface area (Å²) in [6.45, 7) is 3.75. The second-order valence-corrected chi connectivity index (χ2v) is 8.41. The lowest BCUT2D eigenvalue weighted by molar-refractivity contribution is 0.221. The van der Waals surface area contributed by atoms with E-state index in [0.717, 1.165) is 26.2 Å². The Morgan fingerprint density at radius 1 is 1.41 bits per heavy atom. The average Bonchev–Trinajstić information content (AvgIpc) is 3.05. The van der Waals surface area contributed by atoms with Crippen molar-refractivity contribution in [2.45, 2.75) is 19.6 Å². The Morgan fingerprint density at radius 2 is 2.27 bits per heavy atom. The summed E-state index contributed by atoms with van der Waals surface area (Å²) in [6.07, 6.45) is 3.01. The molecule has 2 aromatic rings. The molecule has 0 spiro atoms. The highest BCUT2D eigenvalue weighted by atomic mass is 32.2. The van der Waals surface area contributed by atoms with Crippen molar-refractivity contribution in [1.29, 1.82) is 0 Å². The van der Waals surface area contributed by atoms with Crippen LogP contribution in [0.4, 0.5) is 0 Å². The van der Waals surface area contributed by atoms with E-state index in [-0.39, 0.29) is 5.92 Å². The smallest absolute Gasteiger partial charge is 0.208 e. The molecule has 0 saturated carbocycles. The third kappa shape index (κ3) is 4.16. The van der Waals surface area contributed by atoms with E-state index in [4.69, 9.17) is 0 Å². The van der Waals surface area contributed by atoms with E-state index < -0.39 is 10.0 Å². The predicted molar refractivity (Wildman–Crippen MR) is 87.0 cm³/mol. The maximum Gasteiger partial charge on any atom is 0.208 e. The quantitative estimate of drug-likeness (QED) is 0.886. The minimum absolute atomic E-state index is 0.203. The van der Waals surface area contributed by atoms with Crippen molar-refractivity contribution in [2.75, 3.05) is 19.3 Å². The van der Waals surface area contributed by atoms with Gasteiger partial charge >= 0.3 is 0 Å². The van der Waals surface area contributed by atoms with Crippen molar-refractivity contribution in [1.82, 2.24) is 19.4 Å². The lowest BCUT2D eigenvalue weighted by atomic mass is 10.1. The average molecular weight is 340 g/mol. The highest BCUT2D eigenvalue weighted by Gasteiger charge is 2.23. The Labute approximate surface area is 134 Å². The standard InChI is InChI=1S/C14H20N4O2S2/c1-22(19,20)16-6-13-8-17(7-12-3-5-21-11-12)10-14-2-4-15-18(14)9-13/h2-5,11,13,16H,6-10H2,1H3/t13-/m1/s1. The molecule has 0 amide bonds. The minimum atomic E-state index is -3.16. The number of aromatic nitrogens is 2. The first kappa shape index (κ1) is 15.7. The van der Waals surface area contributed by atoms with Gasteiger partial charge in [0.2, 0.25) is 10.0 Å². The number of hydrogen-bond acceptors (Lipinski definition) is 5. The van der Waals surface area contributed by atoms with Crippen LogP contribution in [0.15, 0.2) is 29.1 Å². The van der Waals surface area contributed by atoms with Crippen LogP contribution in [0.2, 0.25) is 0 Å². The van der Waals surface area contributed by atoms with Gasteiger partial charge in [0.15, 0.2) is 0 Å². The summed E-state index contributed by atoms with van der Waals surface area (Å²) in [5.41, 5.74) is 2.48. The van der Waals surface area contributed by atoms with Crippen molar-refractivity contribution in [3.05, 3.63) is 40.3 Å². The van der Waals surface area contributed by atoms with Gasteiger partial charge in [0.05, 0.1) is 11.9 Å². The molecule has 22 heavy (non-hydrogen) atoms. The third-order valence-corrected chi connectivity index (χ3v) is 5.18. The molecule has 0 fully saturated rings. The maximum absolute atomic E-state index is 11.3. The number of fused-ring (bicyclic) bond motifs is 1. The monoisotopic (exact) mass is 340 g/mol. The van der Waals surface area contributed by atoms with Crippen LogP contribution in [-0.4, -0.2) is 42.4 Å². The van der Waals surface area contributed by atoms with Gasteiger partial charge in [-0.2, -0.15) is 16.4 Å². The van der Waals surface area contributed by atoms with Gasteiger partial charge in [-0.25, -0.2) is 13.1 Å². The Hall–Kier alpha value is -1.22. The highest BCUT2D eigenvalue weighted by molar-refractivity contribution is 7.88. The molecule has 1 aliphatic rings. The predicted octanol–water partition coefficient (Wildman–Crippen LogP) is 1.13. The summed E-state index contributed by atoms with van der Waals surface area (Å²) < 4.78 is 27.3. The molecule has 0 unspecified atom stereocenters. The van der Waals surface area contributed by atoms with E-state index in [1.807, 2.05) is 16.9 Å². The Bertz CT molecular complexity index is 709. The molecule has 8 heteroatoms. The highest BCUT2D eigenvalue weighted by Crippen LogP contribution is 2.19. The van der Waals surface area contributed by atoms with Gasteiger partial charge in [0.1, 0.15) is 0 Å². The molecule has 0 saturated heterocycles. The fraction of sp³-hybridized carbons (Fsp3) is 0.500. The van der Waals surface area contributed by atoms with Gasteiger partial charge in [0, 0.05) is 44.8 Å². The number of sulfonamides is 1. The first-order valence-electron chi connectivity index (χ1n) is 7.18. The Balaban J connectivity index is 1.74. The van der Waals surface area contributed by atoms with Crippen molar-refractivity contribution in [3.8, 4) is 0 Å². The summed E-state index contributed by atoms with van der Waals surface area (Å²) in [4.78, 5) is 2.36. The van der Waals surface area contributed by atoms with E-state index in [1.165, 1.54) is 17.5 Å². The van der Waals surface area contributed by atoms with Gasteiger partial charge in [0.25, 0.3) is 0 Å². The maximum atomic E-state index is 11.3. The normalized spacial score (nSPS) is 19.8. The Morgan fingerprint density at radius 3 is 3.00 bits per heavy atom. The van der Waals surface area contributed by atoms with Crippen LogP contribution in [-0.2, 0) is 29.7 Å². The fourth-order valence-corrected chi connectivity index (χ4v) is 3.98. The van der Waals surface area contributed by atoms with Crippen LogP contribution in [0.3, 0.4) is 0 Å². The second-order valence-electron chi connectivity index (χ2n) is 5.79. The van der Waals surface area contributed by atoms with Gasteiger partial charge in [-0.05, 0) is 28.5 Å². The molecule has 0 aromatic carbocycles. The Kier molecular flexibility index (Phi) is 4.62. The third-order valence-electron chi connectivity index (χ3n) is 3.76. The number of thiophene rings is 1. The van der Waals surface area contributed by atoms with Crippen LogP contribution in [0.25, 0.3) is 0 Å². The molecule has 0 aliphatic carbocycles. The first-order chi connectivity index (χ1) is 10.5.